The van der Waals surface area contributed by atoms with Gasteiger partial charge in [0.05, 0.1) is 16.8 Å². The molecule has 20 heavy (non-hydrogen) atoms. The molecule has 1 radical (unpaired) electrons. The van der Waals surface area contributed by atoms with Crippen LogP contribution in [0.15, 0.2) is 0 Å². The Morgan fingerprint density at radius 1 is 0.600 bits per heavy atom. The number of rotatable bonds is 0. The maximum atomic E-state index is 13.1. The Hall–Kier alpha value is 0.430. The first-order valence-electron chi connectivity index (χ1n) is 4.61. The molecular weight excluding hydrogens is 453 g/mol. The summed E-state index contributed by atoms with van der Waals surface area (Å²) in [4.78, 5) is 0. The van der Waals surface area contributed by atoms with Crippen LogP contribution >= 0.6 is 19.4 Å². The maximum absolute atomic E-state index is 13.1. The van der Waals surface area contributed by atoms with Crippen molar-refractivity contribution >= 4 is 58.1 Å². The predicted molar refractivity (Wildman–Crippen MR) is 66.1 cm³/mol. The molecule has 0 heterocycles. The van der Waals surface area contributed by atoms with Gasteiger partial charge in [0.25, 0.3) is 0 Å². The van der Waals surface area contributed by atoms with E-state index in [1.807, 2.05) is 0 Å². The summed E-state index contributed by atoms with van der Waals surface area (Å²) in [6, 6.07) is 1.09. The van der Waals surface area contributed by atoms with Crippen LogP contribution in [-0.4, -0.2) is 28.0 Å². The standard InChI is InChI=1S/C10F7.2BrH.Ca/c11-2-1-3(12)6(13)5-4(2)7(14)9(16)10(17)8(5)15;;;/h;2*1H;/q;;;+2/p-2. The van der Waals surface area contributed by atoms with E-state index in [9.17, 15) is 30.7 Å². The van der Waals surface area contributed by atoms with Gasteiger partial charge >= 0.3 is 47.4 Å². The summed E-state index contributed by atoms with van der Waals surface area (Å²) in [5, 5.41) is -3.16. The van der Waals surface area contributed by atoms with Crippen LogP contribution < -0.4 is 0 Å². The molecule has 0 atom stereocenters. The number of halogens is 9. The van der Waals surface area contributed by atoms with Crippen molar-refractivity contribution in [3.8, 4) is 0 Å². The third-order valence-electron chi connectivity index (χ3n) is 2.12. The molecule has 0 nitrogen and oxygen atoms in total. The van der Waals surface area contributed by atoms with Crippen LogP contribution in [0.25, 0.3) is 10.8 Å². The summed E-state index contributed by atoms with van der Waals surface area (Å²) in [7, 11) is 6.50. The van der Waals surface area contributed by atoms with E-state index in [-0.39, 0.29) is 28.0 Å². The zero-order valence-corrected chi connectivity index (χ0v) is 14.5. The van der Waals surface area contributed by atoms with Gasteiger partial charge in [-0.1, -0.05) is 0 Å². The second-order valence-corrected chi connectivity index (χ2v) is 14.3. The summed E-state index contributed by atoms with van der Waals surface area (Å²) in [5.74, 6) is -14.9. The molecule has 0 amide bonds. The molecule has 0 aliphatic carbocycles. The molecule has 0 N–H and O–H groups in total. The number of fused-ring (bicyclic) bond motifs is 1. The van der Waals surface area contributed by atoms with Gasteiger partial charge in [-0.05, 0) is 0 Å². The second-order valence-electron chi connectivity index (χ2n) is 3.17. The molecule has 0 aromatic heterocycles. The van der Waals surface area contributed by atoms with Gasteiger partial charge in [-0.2, -0.15) is 0 Å². The van der Waals surface area contributed by atoms with Crippen molar-refractivity contribution in [3.05, 3.63) is 46.8 Å². The van der Waals surface area contributed by atoms with Gasteiger partial charge in [-0.25, -0.2) is 30.7 Å². The van der Waals surface area contributed by atoms with Gasteiger partial charge in [0.1, 0.15) is 5.82 Å². The Morgan fingerprint density at radius 2 is 1.00 bits per heavy atom. The molecule has 105 valence electrons. The van der Waals surface area contributed by atoms with Crippen molar-refractivity contribution < 1.29 is 30.7 Å². The average Bonchev–Trinajstić information content (AvgIpc) is 2.38. The fourth-order valence-corrected chi connectivity index (χ4v) is 1.37. The zero-order valence-electron chi connectivity index (χ0n) is 9.11. The minimum atomic E-state index is -2.35. The first-order chi connectivity index (χ1) is 9.27. The molecule has 0 saturated carbocycles. The molecule has 10 heteroatoms. The summed E-state index contributed by atoms with van der Waals surface area (Å²) in [6.07, 6.45) is 0. The van der Waals surface area contributed by atoms with Crippen molar-refractivity contribution in [2.24, 2.45) is 0 Å². The van der Waals surface area contributed by atoms with Crippen LogP contribution in [0.2, 0.25) is 0 Å². The monoisotopic (exact) mass is 451 g/mol. The van der Waals surface area contributed by atoms with Gasteiger partial charge in [-0.3, -0.25) is 0 Å². The van der Waals surface area contributed by atoms with Crippen LogP contribution in [0.4, 0.5) is 30.7 Å². The molecule has 0 aliphatic heterocycles. The van der Waals surface area contributed by atoms with E-state index in [4.69, 9.17) is 0 Å². The molecule has 2 aromatic rings. The van der Waals surface area contributed by atoms with Crippen molar-refractivity contribution in [2.75, 3.05) is 0 Å². The Balaban J connectivity index is 0.000000612. The van der Waals surface area contributed by atoms with E-state index in [2.05, 4.69) is 19.4 Å². The van der Waals surface area contributed by atoms with Crippen molar-refractivity contribution in [1.29, 1.82) is 0 Å². The van der Waals surface area contributed by atoms with E-state index in [0.29, 0.717) is 0 Å². The van der Waals surface area contributed by atoms with Gasteiger partial charge in [0, 0.05) is 0 Å². The first kappa shape index (κ1) is 18.5. The molecule has 0 unspecified atom stereocenters. The third-order valence-corrected chi connectivity index (χ3v) is 2.12. The van der Waals surface area contributed by atoms with E-state index in [1.54, 1.807) is 0 Å². The van der Waals surface area contributed by atoms with Crippen LogP contribution in [0, 0.1) is 46.8 Å². The molecule has 0 saturated heterocycles. The molecular formula is C10Br2CaF7. The van der Waals surface area contributed by atoms with E-state index >= 15 is 0 Å². The first-order valence-corrected chi connectivity index (χ1v) is 15.5. The topological polar surface area (TPSA) is 0 Å². The zero-order chi connectivity index (χ0) is 15.6. The fourth-order valence-electron chi connectivity index (χ4n) is 1.37. The number of hydrogen-bond acceptors (Lipinski definition) is 0. The van der Waals surface area contributed by atoms with Gasteiger partial charge in [0.15, 0.2) is 34.9 Å². The van der Waals surface area contributed by atoms with Crippen molar-refractivity contribution in [1.82, 2.24) is 0 Å². The van der Waals surface area contributed by atoms with Gasteiger partial charge in [-0.15, -0.1) is 0 Å². The van der Waals surface area contributed by atoms with Crippen LogP contribution in [0.1, 0.15) is 0 Å². The van der Waals surface area contributed by atoms with Crippen LogP contribution in [-0.2, 0) is 0 Å². The summed E-state index contributed by atoms with van der Waals surface area (Å²) in [5.41, 5.74) is 0. The Labute approximate surface area is 134 Å². The predicted octanol–water partition coefficient (Wildman–Crippen LogP) is 4.92. The Kier molecular flexibility index (Phi) is 7.04. The molecule has 2 rings (SSSR count). The summed E-state index contributed by atoms with van der Waals surface area (Å²) in [6.45, 7) is 0. The Bertz CT molecular complexity index is 662. The molecule has 0 spiro atoms. The van der Waals surface area contributed by atoms with E-state index < -0.39 is 51.5 Å². The third kappa shape index (κ3) is 3.43. The van der Waals surface area contributed by atoms with E-state index in [0.717, 1.165) is 6.07 Å². The van der Waals surface area contributed by atoms with Crippen LogP contribution in [0.5, 0.6) is 0 Å². The summed E-state index contributed by atoms with van der Waals surface area (Å²) >= 11 is -0.250. The van der Waals surface area contributed by atoms with Crippen LogP contribution in [0.3, 0.4) is 0 Å². The minimum absolute atomic E-state index is 0.250. The molecule has 2 aromatic carbocycles. The van der Waals surface area contributed by atoms with Gasteiger partial charge in [0.2, 0.25) is 0 Å². The molecule has 0 fully saturated rings. The summed E-state index contributed by atoms with van der Waals surface area (Å²) < 4.78 is 90.4. The number of benzene rings is 2. The SMILES string of the molecule is Fc1[c]c(F)c2c(F)c(F)c(F)c(F)c2c1F.[Br][Ca][Br]. The second kappa shape index (κ2) is 7.62. The van der Waals surface area contributed by atoms with Crippen molar-refractivity contribution in [2.45, 2.75) is 0 Å². The molecule has 0 aliphatic rings. The normalized spacial score (nSPS) is 10.1. The van der Waals surface area contributed by atoms with Gasteiger partial charge < -0.3 is 0 Å². The average molecular weight is 453 g/mol. The number of hydrogen-bond donors (Lipinski definition) is 0. The Morgan fingerprint density at radius 3 is 1.45 bits per heavy atom. The van der Waals surface area contributed by atoms with Crippen molar-refractivity contribution in [3.63, 3.8) is 0 Å². The van der Waals surface area contributed by atoms with E-state index in [1.165, 1.54) is 0 Å². The molecule has 0 bridgehead atoms. The quantitative estimate of drug-likeness (QED) is 0.230. The fraction of sp³-hybridized carbons (Fsp3) is 0.